The second-order valence-electron chi connectivity index (χ2n) is 3.80. The molecule has 2 aromatic rings. The number of nitrogens with zero attached hydrogens (tertiary/aromatic N) is 2. The molecule has 1 N–H and O–H groups in total. The number of rotatable bonds is 4. The lowest BCUT2D eigenvalue weighted by molar-refractivity contribution is 0.112. The van der Waals surface area contributed by atoms with E-state index < -0.39 is 0 Å². The summed E-state index contributed by atoms with van der Waals surface area (Å²) in [5.74, 6) is 0.935. The van der Waals surface area contributed by atoms with Gasteiger partial charge in [0.1, 0.15) is 16.8 Å². The van der Waals surface area contributed by atoms with Crippen LogP contribution < -0.4 is 5.32 Å². The van der Waals surface area contributed by atoms with E-state index in [2.05, 4.69) is 15.3 Å². The predicted molar refractivity (Wildman–Crippen MR) is 78.7 cm³/mol. The highest BCUT2D eigenvalue weighted by Gasteiger charge is 2.11. The zero-order valence-corrected chi connectivity index (χ0v) is 12.0. The van der Waals surface area contributed by atoms with E-state index in [0.717, 1.165) is 10.6 Å². The molecular formula is C13H12ClN3OS. The summed E-state index contributed by atoms with van der Waals surface area (Å²) in [6.45, 7) is 1.73. The molecule has 6 heteroatoms. The Bertz CT molecular complexity index is 619. The Morgan fingerprint density at radius 2 is 2.16 bits per heavy atom. The first-order valence-corrected chi connectivity index (χ1v) is 7.14. The number of aldehydes is 1. The average molecular weight is 294 g/mol. The SMILES string of the molecule is CSc1cccc(Nc2nc(C)nc(Cl)c2C=O)c1. The fraction of sp³-hybridized carbons (Fsp3) is 0.154. The molecule has 0 aliphatic heterocycles. The number of aromatic nitrogens is 2. The van der Waals surface area contributed by atoms with Gasteiger partial charge in [-0.15, -0.1) is 11.8 Å². The van der Waals surface area contributed by atoms with Crippen LogP contribution in [0.3, 0.4) is 0 Å². The lowest BCUT2D eigenvalue weighted by Gasteiger charge is -2.10. The number of hydrogen-bond acceptors (Lipinski definition) is 5. The van der Waals surface area contributed by atoms with Crippen LogP contribution >= 0.6 is 23.4 Å². The number of benzene rings is 1. The Morgan fingerprint density at radius 1 is 1.37 bits per heavy atom. The summed E-state index contributed by atoms with van der Waals surface area (Å²) in [6.07, 6.45) is 2.66. The molecule has 0 spiro atoms. The molecule has 0 unspecified atom stereocenters. The van der Waals surface area contributed by atoms with Crippen molar-refractivity contribution in [1.29, 1.82) is 0 Å². The van der Waals surface area contributed by atoms with Crippen molar-refractivity contribution < 1.29 is 4.79 Å². The maximum atomic E-state index is 11.1. The minimum Gasteiger partial charge on any atom is -0.339 e. The molecule has 0 bridgehead atoms. The van der Waals surface area contributed by atoms with Gasteiger partial charge in [-0.25, -0.2) is 9.97 Å². The van der Waals surface area contributed by atoms with Crippen molar-refractivity contribution in [2.75, 3.05) is 11.6 Å². The Balaban J connectivity index is 2.39. The highest BCUT2D eigenvalue weighted by Crippen LogP contribution is 2.25. The summed E-state index contributed by atoms with van der Waals surface area (Å²) in [5, 5.41) is 3.26. The number of carbonyl (C=O) groups excluding carboxylic acids is 1. The Morgan fingerprint density at radius 3 is 2.84 bits per heavy atom. The fourth-order valence-electron chi connectivity index (χ4n) is 1.58. The summed E-state index contributed by atoms with van der Waals surface area (Å²) < 4.78 is 0. The third-order valence-corrected chi connectivity index (χ3v) is 3.47. The summed E-state index contributed by atoms with van der Waals surface area (Å²) >= 11 is 7.57. The van der Waals surface area contributed by atoms with Crippen molar-refractivity contribution in [2.24, 2.45) is 0 Å². The van der Waals surface area contributed by atoms with Crippen LogP contribution in [0, 0.1) is 6.92 Å². The van der Waals surface area contributed by atoms with Crippen molar-refractivity contribution in [3.05, 3.63) is 40.8 Å². The van der Waals surface area contributed by atoms with E-state index in [1.54, 1.807) is 18.7 Å². The molecule has 0 aliphatic carbocycles. The molecule has 0 fully saturated rings. The number of carbonyl (C=O) groups is 1. The van der Waals surface area contributed by atoms with Crippen molar-refractivity contribution >= 4 is 41.2 Å². The van der Waals surface area contributed by atoms with Crippen molar-refractivity contribution in [1.82, 2.24) is 9.97 Å². The minimum atomic E-state index is 0.158. The van der Waals surface area contributed by atoms with E-state index in [1.807, 2.05) is 30.5 Å². The van der Waals surface area contributed by atoms with Crippen LogP contribution in [0.1, 0.15) is 16.2 Å². The fourth-order valence-corrected chi connectivity index (χ4v) is 2.30. The quantitative estimate of drug-likeness (QED) is 0.529. The largest absolute Gasteiger partial charge is 0.339 e. The molecule has 2 rings (SSSR count). The van der Waals surface area contributed by atoms with Gasteiger partial charge in [-0.05, 0) is 31.4 Å². The second kappa shape index (κ2) is 6.04. The average Bonchev–Trinajstić information content (AvgIpc) is 2.38. The molecule has 1 heterocycles. The van der Waals surface area contributed by atoms with Gasteiger partial charge in [0.05, 0.1) is 5.56 Å². The van der Waals surface area contributed by atoms with Gasteiger partial charge in [0.15, 0.2) is 6.29 Å². The van der Waals surface area contributed by atoms with E-state index in [4.69, 9.17) is 11.6 Å². The van der Waals surface area contributed by atoms with Crippen LogP contribution in [-0.4, -0.2) is 22.5 Å². The highest BCUT2D eigenvalue weighted by molar-refractivity contribution is 7.98. The van der Waals surface area contributed by atoms with E-state index in [9.17, 15) is 4.79 Å². The van der Waals surface area contributed by atoms with Gasteiger partial charge in [0, 0.05) is 10.6 Å². The topological polar surface area (TPSA) is 54.9 Å². The normalized spacial score (nSPS) is 10.3. The predicted octanol–water partition coefficient (Wildman–Crippen LogP) is 3.72. The van der Waals surface area contributed by atoms with Crippen LogP contribution in [0.15, 0.2) is 29.2 Å². The van der Waals surface area contributed by atoms with Crippen LogP contribution in [0.5, 0.6) is 0 Å². The maximum absolute atomic E-state index is 11.1. The summed E-state index contributed by atoms with van der Waals surface area (Å²) in [7, 11) is 0. The molecular weight excluding hydrogens is 282 g/mol. The Hall–Kier alpha value is -1.59. The van der Waals surface area contributed by atoms with Gasteiger partial charge in [0.2, 0.25) is 0 Å². The minimum absolute atomic E-state index is 0.158. The molecule has 0 aliphatic rings. The third-order valence-electron chi connectivity index (χ3n) is 2.46. The van der Waals surface area contributed by atoms with Gasteiger partial charge in [-0.3, -0.25) is 4.79 Å². The Kier molecular flexibility index (Phi) is 4.39. The summed E-state index contributed by atoms with van der Waals surface area (Å²) in [4.78, 5) is 20.4. The molecule has 1 aromatic carbocycles. The molecule has 4 nitrogen and oxygen atoms in total. The zero-order valence-electron chi connectivity index (χ0n) is 10.5. The van der Waals surface area contributed by atoms with Gasteiger partial charge in [0.25, 0.3) is 0 Å². The van der Waals surface area contributed by atoms with E-state index in [-0.39, 0.29) is 10.7 Å². The highest BCUT2D eigenvalue weighted by atomic mass is 35.5. The van der Waals surface area contributed by atoms with Gasteiger partial charge >= 0.3 is 0 Å². The maximum Gasteiger partial charge on any atom is 0.156 e. The molecule has 1 aromatic heterocycles. The van der Waals surface area contributed by atoms with Gasteiger partial charge < -0.3 is 5.32 Å². The standard InChI is InChI=1S/C13H12ClN3OS/c1-8-15-12(14)11(7-18)13(16-8)17-9-4-3-5-10(6-9)19-2/h3-7H,1-2H3,(H,15,16,17). The van der Waals surface area contributed by atoms with E-state index >= 15 is 0 Å². The lowest BCUT2D eigenvalue weighted by atomic mass is 10.3. The molecule has 19 heavy (non-hydrogen) atoms. The number of halogens is 1. The van der Waals surface area contributed by atoms with Crippen LogP contribution in [0.25, 0.3) is 0 Å². The number of anilines is 2. The molecule has 0 atom stereocenters. The van der Waals surface area contributed by atoms with E-state index in [0.29, 0.717) is 17.9 Å². The first kappa shape index (κ1) is 13.8. The van der Waals surface area contributed by atoms with Crippen molar-refractivity contribution in [3.8, 4) is 0 Å². The van der Waals surface area contributed by atoms with Crippen LogP contribution in [0.2, 0.25) is 5.15 Å². The number of hydrogen-bond donors (Lipinski definition) is 1. The van der Waals surface area contributed by atoms with Gasteiger partial charge in [-0.1, -0.05) is 17.7 Å². The summed E-state index contributed by atoms with van der Waals surface area (Å²) in [5.41, 5.74) is 1.12. The molecule has 0 amide bonds. The zero-order chi connectivity index (χ0) is 13.8. The first-order chi connectivity index (χ1) is 9.13. The van der Waals surface area contributed by atoms with Crippen LogP contribution in [-0.2, 0) is 0 Å². The Labute approximate surface area is 120 Å². The lowest BCUT2D eigenvalue weighted by Crippen LogP contribution is -2.03. The first-order valence-electron chi connectivity index (χ1n) is 5.54. The van der Waals surface area contributed by atoms with Gasteiger partial charge in [-0.2, -0.15) is 0 Å². The second-order valence-corrected chi connectivity index (χ2v) is 5.04. The van der Waals surface area contributed by atoms with Crippen molar-refractivity contribution in [3.63, 3.8) is 0 Å². The summed E-state index contributed by atoms with van der Waals surface area (Å²) in [6, 6.07) is 7.82. The molecule has 0 saturated heterocycles. The van der Waals surface area contributed by atoms with Crippen LogP contribution in [0.4, 0.5) is 11.5 Å². The van der Waals surface area contributed by atoms with E-state index in [1.165, 1.54) is 0 Å². The molecule has 0 radical (unpaired) electrons. The third kappa shape index (κ3) is 3.24. The number of nitrogens with one attached hydrogen (secondary N) is 1. The number of thioether (sulfide) groups is 1. The smallest absolute Gasteiger partial charge is 0.156 e. The van der Waals surface area contributed by atoms with Crippen molar-refractivity contribution in [2.45, 2.75) is 11.8 Å². The monoisotopic (exact) mass is 293 g/mol. The number of aryl methyl sites for hydroxylation is 1. The molecule has 98 valence electrons. The molecule has 0 saturated carbocycles.